The molecular weight excluding hydrogens is 354 g/mol. The molecule has 0 fully saturated rings. The molecule has 0 aliphatic rings. The molecule has 0 aliphatic carbocycles. The van der Waals surface area contributed by atoms with Crippen molar-refractivity contribution in [2.75, 3.05) is 11.9 Å². The Bertz CT molecular complexity index is 394. The summed E-state index contributed by atoms with van der Waals surface area (Å²) in [5.41, 5.74) is 0.939. The van der Waals surface area contributed by atoms with Crippen LogP contribution in [0.3, 0.4) is 0 Å². The smallest absolute Gasteiger partial charge is 0.210 e. The number of hydrogen-bond donors (Lipinski definition) is 1. The first-order chi connectivity index (χ1) is 6.47. The summed E-state index contributed by atoms with van der Waals surface area (Å²) in [6, 6.07) is 1.66. The molecule has 0 radical (unpaired) electrons. The highest BCUT2D eigenvalue weighted by atomic mass is 79.9. The number of alkyl halides is 1. The molecule has 1 aromatic rings. The molecule has 1 N–H and O–H groups in total. The lowest BCUT2D eigenvalue weighted by Crippen LogP contribution is -2.24. The number of aryl methyl sites for hydroxylation is 1. The molecule has 0 bridgehead atoms. The van der Waals surface area contributed by atoms with Gasteiger partial charge in [-0.2, -0.15) is 0 Å². The molecule has 3 nitrogen and oxygen atoms in total. The van der Waals surface area contributed by atoms with Crippen LogP contribution in [-0.4, -0.2) is 20.3 Å². The maximum absolute atomic E-state index is 11.6. The predicted molar refractivity (Wildman–Crippen MR) is 65.7 cm³/mol. The second-order valence-corrected chi connectivity index (χ2v) is 7.77. The highest BCUT2D eigenvalue weighted by Gasteiger charge is 2.17. The van der Waals surface area contributed by atoms with Gasteiger partial charge in [-0.05, 0) is 34.5 Å². The monoisotopic (exact) mass is 361 g/mol. The van der Waals surface area contributed by atoms with E-state index in [0.29, 0.717) is 16.1 Å². The maximum atomic E-state index is 11.6. The van der Waals surface area contributed by atoms with Gasteiger partial charge in [-0.25, -0.2) is 13.1 Å². The average molecular weight is 363 g/mol. The lowest BCUT2D eigenvalue weighted by Gasteiger charge is -2.00. The van der Waals surface area contributed by atoms with Gasteiger partial charge >= 0.3 is 0 Å². The van der Waals surface area contributed by atoms with Crippen LogP contribution in [0.15, 0.2) is 14.1 Å². The van der Waals surface area contributed by atoms with Gasteiger partial charge in [0.1, 0.15) is 4.21 Å². The normalized spacial score (nSPS) is 11.9. The lowest BCUT2D eigenvalue weighted by atomic mass is 10.4. The summed E-state index contributed by atoms with van der Waals surface area (Å²) >= 11 is 7.68. The van der Waals surface area contributed by atoms with Gasteiger partial charge in [0.05, 0.1) is 3.79 Å². The van der Waals surface area contributed by atoms with Crippen molar-refractivity contribution in [2.24, 2.45) is 0 Å². The molecule has 0 spiro atoms. The molecule has 7 heteroatoms. The second-order valence-electron chi connectivity index (χ2n) is 2.61. The Morgan fingerprint density at radius 1 is 1.57 bits per heavy atom. The van der Waals surface area contributed by atoms with E-state index in [9.17, 15) is 8.42 Å². The molecule has 1 rings (SSSR count). The van der Waals surface area contributed by atoms with E-state index in [0.717, 1.165) is 9.35 Å². The topological polar surface area (TPSA) is 46.2 Å². The van der Waals surface area contributed by atoms with E-state index >= 15 is 0 Å². The Labute approximate surface area is 104 Å². The minimum Gasteiger partial charge on any atom is -0.210 e. The molecule has 0 aromatic carbocycles. The van der Waals surface area contributed by atoms with Crippen molar-refractivity contribution in [3.05, 3.63) is 15.4 Å². The summed E-state index contributed by atoms with van der Waals surface area (Å²) in [6.07, 6.45) is 0. The van der Waals surface area contributed by atoms with Gasteiger partial charge in [0, 0.05) is 11.9 Å². The third kappa shape index (κ3) is 3.03. The standard InChI is InChI=1S/C7H9Br2NO2S2/c1-5-4-6(13-7(5)9)14(11,12)10-3-2-8/h4,10H,2-3H2,1H3. The second kappa shape index (κ2) is 5.07. The van der Waals surface area contributed by atoms with Crippen molar-refractivity contribution >= 4 is 53.2 Å². The van der Waals surface area contributed by atoms with Gasteiger partial charge in [0.2, 0.25) is 10.0 Å². The maximum Gasteiger partial charge on any atom is 0.250 e. The molecule has 80 valence electrons. The van der Waals surface area contributed by atoms with Crippen LogP contribution in [0, 0.1) is 6.92 Å². The molecule has 1 heterocycles. The minimum atomic E-state index is -3.32. The number of nitrogens with one attached hydrogen (secondary N) is 1. The fourth-order valence-electron chi connectivity index (χ4n) is 0.808. The molecule has 1 aromatic heterocycles. The summed E-state index contributed by atoms with van der Waals surface area (Å²) in [4.78, 5) is 0. The van der Waals surface area contributed by atoms with Crippen molar-refractivity contribution in [3.63, 3.8) is 0 Å². The van der Waals surface area contributed by atoms with Gasteiger partial charge in [-0.3, -0.25) is 0 Å². The molecule has 0 atom stereocenters. The summed E-state index contributed by atoms with van der Waals surface area (Å²) in [6.45, 7) is 2.26. The van der Waals surface area contributed by atoms with Crippen LogP contribution in [0.1, 0.15) is 5.56 Å². The highest BCUT2D eigenvalue weighted by Crippen LogP contribution is 2.30. The highest BCUT2D eigenvalue weighted by molar-refractivity contribution is 9.11. The van der Waals surface area contributed by atoms with Crippen LogP contribution < -0.4 is 4.72 Å². The SMILES string of the molecule is Cc1cc(S(=O)(=O)NCCBr)sc1Br. The van der Waals surface area contributed by atoms with Gasteiger partial charge in [-0.15, -0.1) is 11.3 Å². The van der Waals surface area contributed by atoms with Crippen LogP contribution in [0.2, 0.25) is 0 Å². The van der Waals surface area contributed by atoms with Gasteiger partial charge in [0.25, 0.3) is 0 Å². The van der Waals surface area contributed by atoms with E-state index in [1.807, 2.05) is 6.92 Å². The largest absolute Gasteiger partial charge is 0.250 e. The Hall–Kier alpha value is 0.570. The number of thiophene rings is 1. The van der Waals surface area contributed by atoms with Crippen LogP contribution in [0.25, 0.3) is 0 Å². The third-order valence-electron chi connectivity index (χ3n) is 1.49. The average Bonchev–Trinajstić information content (AvgIpc) is 2.45. The van der Waals surface area contributed by atoms with E-state index < -0.39 is 10.0 Å². The predicted octanol–water partition coefficient (Wildman–Crippen LogP) is 2.49. The zero-order valence-corrected chi connectivity index (χ0v) is 12.2. The van der Waals surface area contributed by atoms with Crippen molar-refractivity contribution in [1.29, 1.82) is 0 Å². The molecular formula is C7H9Br2NO2S2. The fraction of sp³-hybridized carbons (Fsp3) is 0.429. The van der Waals surface area contributed by atoms with Crippen molar-refractivity contribution < 1.29 is 8.42 Å². The first-order valence-electron chi connectivity index (χ1n) is 3.79. The van der Waals surface area contributed by atoms with E-state index in [-0.39, 0.29) is 0 Å². The Morgan fingerprint density at radius 2 is 2.21 bits per heavy atom. The zero-order valence-electron chi connectivity index (χ0n) is 7.38. The summed E-state index contributed by atoms with van der Waals surface area (Å²) in [5.74, 6) is 0. The van der Waals surface area contributed by atoms with E-state index in [1.165, 1.54) is 11.3 Å². The van der Waals surface area contributed by atoms with E-state index in [2.05, 4.69) is 36.6 Å². The van der Waals surface area contributed by atoms with Crippen molar-refractivity contribution in [1.82, 2.24) is 4.72 Å². The molecule has 0 saturated carbocycles. The van der Waals surface area contributed by atoms with Crippen molar-refractivity contribution in [3.8, 4) is 0 Å². The summed E-state index contributed by atoms with van der Waals surface area (Å²) in [7, 11) is -3.32. The Balaban J connectivity index is 2.93. The number of sulfonamides is 1. The molecule has 0 amide bonds. The fourth-order valence-corrected chi connectivity index (χ4v) is 4.57. The third-order valence-corrected chi connectivity index (χ3v) is 5.95. The lowest BCUT2D eigenvalue weighted by molar-refractivity contribution is 0.586. The zero-order chi connectivity index (χ0) is 10.8. The quantitative estimate of drug-likeness (QED) is 0.836. The minimum absolute atomic E-state index is 0.350. The number of rotatable bonds is 4. The van der Waals surface area contributed by atoms with Gasteiger partial charge < -0.3 is 0 Å². The first-order valence-corrected chi connectivity index (χ1v) is 8.00. The van der Waals surface area contributed by atoms with Crippen LogP contribution in [0.5, 0.6) is 0 Å². The Kier molecular flexibility index (Phi) is 4.57. The van der Waals surface area contributed by atoms with Gasteiger partial charge in [-0.1, -0.05) is 15.9 Å². The molecule has 0 unspecified atom stereocenters. The number of halogens is 2. The van der Waals surface area contributed by atoms with Crippen LogP contribution >= 0.6 is 43.2 Å². The molecule has 14 heavy (non-hydrogen) atoms. The van der Waals surface area contributed by atoms with Crippen LogP contribution in [-0.2, 0) is 10.0 Å². The van der Waals surface area contributed by atoms with E-state index in [4.69, 9.17) is 0 Å². The van der Waals surface area contributed by atoms with Gasteiger partial charge in [0.15, 0.2) is 0 Å². The van der Waals surface area contributed by atoms with Crippen LogP contribution in [0.4, 0.5) is 0 Å². The number of hydrogen-bond acceptors (Lipinski definition) is 3. The summed E-state index contributed by atoms with van der Waals surface area (Å²) in [5, 5.41) is 0.609. The molecule has 0 saturated heterocycles. The van der Waals surface area contributed by atoms with Crippen molar-refractivity contribution in [2.45, 2.75) is 11.1 Å². The molecule has 0 aliphatic heterocycles. The first kappa shape index (κ1) is 12.6. The summed E-state index contributed by atoms with van der Waals surface area (Å²) < 4.78 is 26.9. The van der Waals surface area contributed by atoms with E-state index in [1.54, 1.807) is 6.07 Å². The Morgan fingerprint density at radius 3 is 2.64 bits per heavy atom.